The number of nitrogens with one attached hydrogen (secondary N) is 1. The van der Waals surface area contributed by atoms with Crippen LogP contribution in [0.15, 0.2) is 54.7 Å². The number of aryl methyl sites for hydroxylation is 1. The van der Waals surface area contributed by atoms with Crippen LogP contribution < -0.4 is 5.32 Å². The minimum atomic E-state index is -0.298. The average molecular weight is 462 g/mol. The van der Waals surface area contributed by atoms with Gasteiger partial charge in [0.2, 0.25) is 0 Å². The van der Waals surface area contributed by atoms with Gasteiger partial charge in [0.25, 0.3) is 5.91 Å². The first-order valence-corrected chi connectivity index (χ1v) is 11.9. The number of likely N-dealkylation sites (tertiary alicyclic amines) is 1. The van der Waals surface area contributed by atoms with Gasteiger partial charge in [-0.15, -0.1) is 11.3 Å². The lowest BCUT2D eigenvalue weighted by Gasteiger charge is -2.35. The van der Waals surface area contributed by atoms with Crippen LogP contribution in [0.2, 0.25) is 0 Å². The van der Waals surface area contributed by atoms with Crippen molar-refractivity contribution in [2.75, 3.05) is 18.4 Å². The van der Waals surface area contributed by atoms with Gasteiger partial charge in [0.15, 0.2) is 0 Å². The highest BCUT2D eigenvalue weighted by molar-refractivity contribution is 7.15. The topological polar surface area (TPSA) is 71.0 Å². The molecule has 3 aromatic heterocycles. The van der Waals surface area contributed by atoms with E-state index in [0.717, 1.165) is 51.6 Å². The van der Waals surface area contributed by atoms with Crippen LogP contribution in [0.25, 0.3) is 21.5 Å². The molecule has 0 spiro atoms. The third kappa shape index (κ3) is 4.57. The Morgan fingerprint density at radius 1 is 1.12 bits per heavy atom. The lowest BCUT2D eigenvalue weighted by Crippen LogP contribution is -2.47. The zero-order chi connectivity index (χ0) is 22.8. The summed E-state index contributed by atoms with van der Waals surface area (Å²) in [6.07, 6.45) is 4.72. The van der Waals surface area contributed by atoms with Crippen LogP contribution >= 0.6 is 11.3 Å². The van der Waals surface area contributed by atoms with E-state index in [1.165, 1.54) is 23.5 Å². The summed E-state index contributed by atoms with van der Waals surface area (Å²) in [5.74, 6) is 0.402. The number of pyridine rings is 2. The van der Waals surface area contributed by atoms with E-state index in [-0.39, 0.29) is 17.8 Å². The number of carbonyl (C=O) groups excluding carboxylic acids is 1. The quantitative estimate of drug-likeness (QED) is 0.436. The number of halogens is 1. The normalized spacial score (nSPS) is 16.2. The van der Waals surface area contributed by atoms with Crippen LogP contribution in [0, 0.1) is 12.7 Å². The summed E-state index contributed by atoms with van der Waals surface area (Å²) in [6, 6.07) is 13.9. The summed E-state index contributed by atoms with van der Waals surface area (Å²) in [5, 5.41) is 4.23. The molecule has 6 nitrogen and oxygen atoms in total. The number of rotatable bonds is 5. The van der Waals surface area contributed by atoms with Gasteiger partial charge in [0.05, 0.1) is 20.9 Å². The van der Waals surface area contributed by atoms with Crippen molar-refractivity contribution in [3.05, 3.63) is 71.2 Å². The van der Waals surface area contributed by atoms with Gasteiger partial charge in [-0.25, -0.2) is 14.4 Å². The Balaban J connectivity index is 1.36. The molecule has 0 radical (unpaired) electrons. The summed E-state index contributed by atoms with van der Waals surface area (Å²) in [5.41, 5.74) is 2.95. The van der Waals surface area contributed by atoms with Crippen LogP contribution in [-0.4, -0.2) is 44.9 Å². The molecular weight excluding hydrogens is 437 g/mol. The smallest absolute Gasteiger partial charge is 0.274 e. The maximum absolute atomic E-state index is 13.6. The van der Waals surface area contributed by atoms with E-state index in [9.17, 15) is 9.18 Å². The predicted octanol–water partition coefficient (Wildman–Crippen LogP) is 5.31. The molecule has 5 rings (SSSR count). The molecule has 1 aliphatic heterocycles. The first kappa shape index (κ1) is 21.5. The summed E-state index contributed by atoms with van der Waals surface area (Å²) in [7, 11) is 0. The van der Waals surface area contributed by atoms with Crippen LogP contribution in [0.5, 0.6) is 0 Å². The monoisotopic (exact) mass is 461 g/mol. The van der Waals surface area contributed by atoms with Crippen molar-refractivity contribution >= 4 is 34.1 Å². The molecule has 0 saturated carbocycles. The molecule has 1 saturated heterocycles. The first-order valence-electron chi connectivity index (χ1n) is 11.1. The Morgan fingerprint density at radius 3 is 2.82 bits per heavy atom. The largest absolute Gasteiger partial charge is 0.368 e. The molecule has 1 unspecified atom stereocenters. The molecule has 1 amide bonds. The number of carbonyl (C=O) groups is 1. The Bertz CT molecular complexity index is 1290. The van der Waals surface area contributed by atoms with Crippen molar-refractivity contribution in [2.24, 2.45) is 0 Å². The van der Waals surface area contributed by atoms with E-state index >= 15 is 0 Å². The van der Waals surface area contributed by atoms with Gasteiger partial charge in [-0.1, -0.05) is 12.1 Å². The molecule has 0 bridgehead atoms. The van der Waals surface area contributed by atoms with Gasteiger partial charge in [-0.3, -0.25) is 9.78 Å². The Labute approximate surface area is 195 Å². The summed E-state index contributed by atoms with van der Waals surface area (Å²) < 4.78 is 13.4. The maximum Gasteiger partial charge on any atom is 0.274 e. The Kier molecular flexibility index (Phi) is 6.00. The molecule has 168 valence electrons. The van der Waals surface area contributed by atoms with Gasteiger partial charge in [0, 0.05) is 25.3 Å². The number of thiazole rings is 1. The van der Waals surface area contributed by atoms with Gasteiger partial charge in [-0.2, -0.15) is 0 Å². The molecule has 1 aromatic carbocycles. The zero-order valence-electron chi connectivity index (χ0n) is 18.3. The number of amides is 1. The molecule has 1 aliphatic rings. The second-order valence-electron chi connectivity index (χ2n) is 8.18. The summed E-state index contributed by atoms with van der Waals surface area (Å²) in [4.78, 5) is 29.8. The van der Waals surface area contributed by atoms with Crippen LogP contribution in [0.3, 0.4) is 0 Å². The third-order valence-corrected chi connectivity index (χ3v) is 6.93. The molecular formula is C25H24FN5OS. The highest BCUT2D eigenvalue weighted by Gasteiger charge is 2.31. The fourth-order valence-electron chi connectivity index (χ4n) is 4.26. The Morgan fingerprint density at radius 2 is 1.97 bits per heavy atom. The number of aromatic nitrogens is 3. The van der Waals surface area contributed by atoms with E-state index < -0.39 is 0 Å². The lowest BCUT2D eigenvalue weighted by molar-refractivity contribution is 0.0623. The highest BCUT2D eigenvalue weighted by atomic mass is 32.1. The van der Waals surface area contributed by atoms with Gasteiger partial charge >= 0.3 is 0 Å². The number of anilines is 1. The first-order chi connectivity index (χ1) is 16.1. The fourth-order valence-corrected chi connectivity index (χ4v) is 5.18. The van der Waals surface area contributed by atoms with Crippen LogP contribution in [0.1, 0.15) is 34.8 Å². The van der Waals surface area contributed by atoms with E-state index in [1.54, 1.807) is 18.3 Å². The minimum absolute atomic E-state index is 0.0423. The number of benzene rings is 1. The SMILES string of the molecule is Cc1nc(C(=O)N2CCCCC2CNc2ccc3ncccc3n2)c(-c2ccc(F)cc2)s1. The standard InChI is InChI=1S/C25H24FN5OS/c1-16-29-23(24(33-16)17-7-9-18(26)10-8-17)25(32)31-14-3-2-5-19(31)15-28-22-12-11-20-21(30-22)6-4-13-27-20/h4,6-13,19H,2-3,5,14-15H2,1H3,(H,28,30). The second kappa shape index (κ2) is 9.23. The Hall–Kier alpha value is -3.39. The van der Waals surface area contributed by atoms with E-state index in [0.29, 0.717) is 18.8 Å². The van der Waals surface area contributed by atoms with Crippen molar-refractivity contribution in [3.8, 4) is 10.4 Å². The molecule has 4 heterocycles. The molecule has 1 N–H and O–H groups in total. The van der Waals surface area contributed by atoms with Crippen LogP contribution in [0.4, 0.5) is 10.2 Å². The molecule has 33 heavy (non-hydrogen) atoms. The molecule has 0 aliphatic carbocycles. The number of nitrogens with zero attached hydrogens (tertiary/aromatic N) is 4. The fraction of sp³-hybridized carbons (Fsp3) is 0.280. The van der Waals surface area contributed by atoms with Gasteiger partial charge < -0.3 is 10.2 Å². The summed E-state index contributed by atoms with van der Waals surface area (Å²) >= 11 is 1.47. The van der Waals surface area contributed by atoms with Crippen molar-refractivity contribution in [2.45, 2.75) is 32.2 Å². The van der Waals surface area contributed by atoms with E-state index in [2.05, 4.69) is 20.3 Å². The van der Waals surface area contributed by atoms with Crippen molar-refractivity contribution in [3.63, 3.8) is 0 Å². The molecule has 1 fully saturated rings. The predicted molar refractivity (Wildman–Crippen MR) is 129 cm³/mol. The highest BCUT2D eigenvalue weighted by Crippen LogP contribution is 2.32. The maximum atomic E-state index is 13.6. The van der Waals surface area contributed by atoms with Crippen molar-refractivity contribution in [1.29, 1.82) is 0 Å². The number of piperidine rings is 1. The molecule has 8 heteroatoms. The van der Waals surface area contributed by atoms with E-state index in [1.807, 2.05) is 36.1 Å². The minimum Gasteiger partial charge on any atom is -0.368 e. The number of hydrogen-bond donors (Lipinski definition) is 1. The number of fused-ring (bicyclic) bond motifs is 1. The molecule has 4 aromatic rings. The third-order valence-electron chi connectivity index (χ3n) is 5.91. The van der Waals surface area contributed by atoms with E-state index in [4.69, 9.17) is 0 Å². The summed E-state index contributed by atoms with van der Waals surface area (Å²) in [6.45, 7) is 3.20. The van der Waals surface area contributed by atoms with Gasteiger partial charge in [-0.05, 0) is 68.1 Å². The second-order valence-corrected chi connectivity index (χ2v) is 9.39. The van der Waals surface area contributed by atoms with Crippen molar-refractivity contribution in [1.82, 2.24) is 19.9 Å². The average Bonchev–Trinajstić information content (AvgIpc) is 3.24. The van der Waals surface area contributed by atoms with Crippen molar-refractivity contribution < 1.29 is 9.18 Å². The van der Waals surface area contributed by atoms with Crippen LogP contribution in [-0.2, 0) is 0 Å². The molecule has 1 atom stereocenters. The zero-order valence-corrected chi connectivity index (χ0v) is 19.1. The van der Waals surface area contributed by atoms with Gasteiger partial charge in [0.1, 0.15) is 17.3 Å². The lowest BCUT2D eigenvalue weighted by atomic mass is 10.0. The number of hydrogen-bond acceptors (Lipinski definition) is 6.